The molecule has 0 aromatic carbocycles. The second-order valence-electron chi connectivity index (χ2n) is 4.43. The molecule has 18 heavy (non-hydrogen) atoms. The van der Waals surface area contributed by atoms with Crippen LogP contribution in [-0.4, -0.2) is 60.4 Å². The number of piperazine rings is 1. The van der Waals surface area contributed by atoms with Gasteiger partial charge in [0, 0.05) is 32.2 Å². The van der Waals surface area contributed by atoms with Crippen molar-refractivity contribution in [2.75, 3.05) is 32.7 Å². The highest BCUT2D eigenvalue weighted by molar-refractivity contribution is 6.35. The third kappa shape index (κ3) is 3.70. The van der Waals surface area contributed by atoms with E-state index in [-0.39, 0.29) is 6.54 Å². The van der Waals surface area contributed by atoms with Gasteiger partial charge in [0.25, 0.3) is 0 Å². The third-order valence-corrected chi connectivity index (χ3v) is 3.34. The van der Waals surface area contributed by atoms with Crippen LogP contribution < -0.4 is 5.32 Å². The summed E-state index contributed by atoms with van der Waals surface area (Å²) in [4.78, 5) is 27.0. The minimum absolute atomic E-state index is 0.128. The zero-order valence-corrected chi connectivity index (χ0v) is 11.0. The molecule has 1 N–H and O–H groups in total. The lowest BCUT2D eigenvalue weighted by Crippen LogP contribution is -2.54. The molecule has 0 saturated carbocycles. The summed E-state index contributed by atoms with van der Waals surface area (Å²) < 4.78 is 0. The van der Waals surface area contributed by atoms with Crippen molar-refractivity contribution < 1.29 is 9.59 Å². The number of hydrogen-bond donors (Lipinski definition) is 1. The van der Waals surface area contributed by atoms with E-state index in [0.717, 1.165) is 19.5 Å². The molecule has 0 bridgehead atoms. The van der Waals surface area contributed by atoms with Crippen molar-refractivity contribution in [1.29, 1.82) is 5.26 Å². The molecule has 1 aliphatic rings. The molecule has 100 valence electrons. The van der Waals surface area contributed by atoms with Gasteiger partial charge in [-0.3, -0.25) is 14.5 Å². The van der Waals surface area contributed by atoms with Gasteiger partial charge in [-0.25, -0.2) is 0 Å². The standard InChI is InChI=1S/C12H20N4O2/c1-3-10(2)15-6-8-16(9-7-15)12(18)11(17)14-5-4-13/h10H,3,5-9H2,1-2H3,(H,14,17). The van der Waals surface area contributed by atoms with Gasteiger partial charge >= 0.3 is 11.8 Å². The summed E-state index contributed by atoms with van der Waals surface area (Å²) in [6.07, 6.45) is 1.08. The molecule has 0 spiro atoms. The molecule has 0 aliphatic carbocycles. The Labute approximate surface area is 108 Å². The van der Waals surface area contributed by atoms with E-state index >= 15 is 0 Å². The minimum Gasteiger partial charge on any atom is -0.335 e. The van der Waals surface area contributed by atoms with E-state index in [9.17, 15) is 9.59 Å². The summed E-state index contributed by atoms with van der Waals surface area (Å²) in [7, 11) is 0. The molecule has 0 aromatic rings. The van der Waals surface area contributed by atoms with Crippen molar-refractivity contribution >= 4 is 11.8 Å². The Kier molecular flexibility index (Phi) is 5.59. The average molecular weight is 252 g/mol. The molecular weight excluding hydrogens is 232 g/mol. The quantitative estimate of drug-likeness (QED) is 0.546. The van der Waals surface area contributed by atoms with Crippen molar-refractivity contribution in [2.24, 2.45) is 0 Å². The van der Waals surface area contributed by atoms with Crippen LogP contribution in [0, 0.1) is 11.3 Å². The summed E-state index contributed by atoms with van der Waals surface area (Å²) in [5, 5.41) is 10.6. The molecule has 6 heteroatoms. The third-order valence-electron chi connectivity index (χ3n) is 3.34. The van der Waals surface area contributed by atoms with Gasteiger partial charge in [-0.1, -0.05) is 6.92 Å². The monoisotopic (exact) mass is 252 g/mol. The molecule has 1 fully saturated rings. The summed E-state index contributed by atoms with van der Waals surface area (Å²) in [6, 6.07) is 2.28. The predicted octanol–water partition coefficient (Wildman–Crippen LogP) is -0.431. The van der Waals surface area contributed by atoms with Crippen molar-refractivity contribution in [3.05, 3.63) is 0 Å². The molecule has 1 aliphatic heterocycles. The first-order valence-electron chi connectivity index (χ1n) is 6.28. The Balaban J connectivity index is 2.41. The van der Waals surface area contributed by atoms with Gasteiger partial charge in [0.2, 0.25) is 0 Å². The van der Waals surface area contributed by atoms with Gasteiger partial charge in [-0.15, -0.1) is 0 Å². The number of nitriles is 1. The molecule has 1 rings (SSSR count). The molecule has 1 heterocycles. The Morgan fingerprint density at radius 1 is 1.33 bits per heavy atom. The van der Waals surface area contributed by atoms with E-state index < -0.39 is 11.8 Å². The highest BCUT2D eigenvalue weighted by atomic mass is 16.2. The van der Waals surface area contributed by atoms with Crippen LogP contribution >= 0.6 is 0 Å². The van der Waals surface area contributed by atoms with Gasteiger partial charge in [-0.05, 0) is 13.3 Å². The van der Waals surface area contributed by atoms with Gasteiger partial charge in [0.05, 0.1) is 6.07 Å². The summed E-state index contributed by atoms with van der Waals surface area (Å²) in [5.74, 6) is -1.22. The lowest BCUT2D eigenvalue weighted by atomic mass is 10.2. The molecular formula is C12H20N4O2. The number of amides is 2. The Morgan fingerprint density at radius 2 is 1.94 bits per heavy atom. The Morgan fingerprint density at radius 3 is 2.44 bits per heavy atom. The first-order valence-corrected chi connectivity index (χ1v) is 6.28. The maximum atomic E-state index is 11.7. The van der Waals surface area contributed by atoms with Crippen molar-refractivity contribution in [2.45, 2.75) is 26.3 Å². The molecule has 1 saturated heterocycles. The van der Waals surface area contributed by atoms with E-state index in [2.05, 4.69) is 24.1 Å². The van der Waals surface area contributed by atoms with Gasteiger partial charge in [-0.2, -0.15) is 5.26 Å². The van der Waals surface area contributed by atoms with Crippen molar-refractivity contribution in [3.63, 3.8) is 0 Å². The van der Waals surface area contributed by atoms with E-state index in [1.807, 2.05) is 0 Å². The zero-order valence-electron chi connectivity index (χ0n) is 11.0. The summed E-state index contributed by atoms with van der Waals surface area (Å²) in [5.41, 5.74) is 0. The molecule has 2 amide bonds. The van der Waals surface area contributed by atoms with Crippen LogP contribution in [0.15, 0.2) is 0 Å². The normalized spacial score (nSPS) is 17.9. The molecule has 1 unspecified atom stereocenters. The van der Waals surface area contributed by atoms with Crippen molar-refractivity contribution in [1.82, 2.24) is 15.1 Å². The number of carbonyl (C=O) groups is 2. The predicted molar refractivity (Wildman–Crippen MR) is 66.5 cm³/mol. The lowest BCUT2D eigenvalue weighted by molar-refractivity contribution is -0.147. The number of rotatable bonds is 3. The van der Waals surface area contributed by atoms with E-state index in [1.165, 1.54) is 0 Å². The SMILES string of the molecule is CCC(C)N1CCN(C(=O)C(=O)NCC#N)CC1. The number of hydrogen-bond acceptors (Lipinski definition) is 4. The van der Waals surface area contributed by atoms with E-state index in [1.54, 1.807) is 11.0 Å². The average Bonchev–Trinajstić information content (AvgIpc) is 2.43. The van der Waals surface area contributed by atoms with Crippen LogP contribution in [0.25, 0.3) is 0 Å². The maximum Gasteiger partial charge on any atom is 0.311 e. The Bertz CT molecular complexity index is 342. The van der Waals surface area contributed by atoms with Gasteiger partial charge in [0.1, 0.15) is 6.54 Å². The van der Waals surface area contributed by atoms with Crippen LogP contribution in [0.1, 0.15) is 20.3 Å². The Hall–Kier alpha value is -1.61. The van der Waals surface area contributed by atoms with Gasteiger partial charge < -0.3 is 10.2 Å². The van der Waals surface area contributed by atoms with E-state index in [4.69, 9.17) is 5.26 Å². The molecule has 0 aromatic heterocycles. The zero-order chi connectivity index (χ0) is 13.5. The van der Waals surface area contributed by atoms with Crippen LogP contribution in [-0.2, 0) is 9.59 Å². The van der Waals surface area contributed by atoms with Crippen LogP contribution in [0.3, 0.4) is 0 Å². The van der Waals surface area contributed by atoms with Crippen molar-refractivity contribution in [3.8, 4) is 6.07 Å². The second kappa shape index (κ2) is 6.97. The lowest BCUT2D eigenvalue weighted by Gasteiger charge is -2.37. The smallest absolute Gasteiger partial charge is 0.311 e. The van der Waals surface area contributed by atoms with Gasteiger partial charge in [0.15, 0.2) is 0 Å². The molecule has 0 radical (unpaired) electrons. The van der Waals surface area contributed by atoms with Crippen LogP contribution in [0.5, 0.6) is 0 Å². The first-order chi connectivity index (χ1) is 8.60. The minimum atomic E-state index is -0.687. The molecule has 1 atom stereocenters. The van der Waals surface area contributed by atoms with Crippen LogP contribution in [0.4, 0.5) is 0 Å². The number of nitrogens with zero attached hydrogens (tertiary/aromatic N) is 3. The highest BCUT2D eigenvalue weighted by Crippen LogP contribution is 2.08. The summed E-state index contributed by atoms with van der Waals surface area (Å²) >= 11 is 0. The fourth-order valence-corrected chi connectivity index (χ4v) is 1.96. The fraction of sp³-hybridized carbons (Fsp3) is 0.750. The number of nitrogens with one attached hydrogen (secondary N) is 1. The maximum absolute atomic E-state index is 11.7. The van der Waals surface area contributed by atoms with E-state index in [0.29, 0.717) is 19.1 Å². The van der Waals surface area contributed by atoms with Crippen LogP contribution in [0.2, 0.25) is 0 Å². The second-order valence-corrected chi connectivity index (χ2v) is 4.43. The topological polar surface area (TPSA) is 76.4 Å². The number of carbonyl (C=O) groups excluding carboxylic acids is 2. The first kappa shape index (κ1) is 14.5. The molecule has 6 nitrogen and oxygen atoms in total. The largest absolute Gasteiger partial charge is 0.335 e. The summed E-state index contributed by atoms with van der Waals surface area (Å²) in [6.45, 7) is 6.91. The fourth-order valence-electron chi connectivity index (χ4n) is 1.96. The highest BCUT2D eigenvalue weighted by Gasteiger charge is 2.26.